The van der Waals surface area contributed by atoms with Crippen molar-refractivity contribution in [2.75, 3.05) is 7.11 Å². The van der Waals surface area contributed by atoms with E-state index in [0.29, 0.717) is 5.88 Å². The Labute approximate surface area is 59.9 Å². The van der Waals surface area contributed by atoms with Crippen LogP contribution in [0.2, 0.25) is 0 Å². The molecule has 0 radical (unpaired) electrons. The second-order valence-electron chi connectivity index (χ2n) is 1.97. The molecule has 1 heterocycles. The molecule has 0 fully saturated rings. The SMILES string of the molecule is C=Cc1cn(C)nc1OC. The van der Waals surface area contributed by atoms with Crippen LogP contribution in [0.4, 0.5) is 0 Å². The normalized spacial score (nSPS) is 9.40. The minimum atomic E-state index is 0.623. The zero-order chi connectivity index (χ0) is 7.56. The van der Waals surface area contributed by atoms with E-state index in [0.717, 1.165) is 5.56 Å². The Balaban J connectivity index is 3.08. The van der Waals surface area contributed by atoms with Gasteiger partial charge in [0.2, 0.25) is 5.88 Å². The van der Waals surface area contributed by atoms with Gasteiger partial charge in [0, 0.05) is 13.2 Å². The first-order valence-corrected chi connectivity index (χ1v) is 2.98. The fourth-order valence-electron chi connectivity index (χ4n) is 0.785. The van der Waals surface area contributed by atoms with Gasteiger partial charge in [-0.15, -0.1) is 5.10 Å². The molecule has 0 amide bonds. The predicted octanol–water partition coefficient (Wildman–Crippen LogP) is 1.07. The molecule has 1 aromatic heterocycles. The van der Waals surface area contributed by atoms with Crippen molar-refractivity contribution < 1.29 is 4.74 Å². The molecule has 0 aromatic carbocycles. The Morgan fingerprint density at radius 3 is 2.90 bits per heavy atom. The van der Waals surface area contributed by atoms with Crippen LogP contribution in [0.5, 0.6) is 5.88 Å². The molecule has 0 saturated carbocycles. The largest absolute Gasteiger partial charge is 0.480 e. The second kappa shape index (κ2) is 2.56. The summed E-state index contributed by atoms with van der Waals surface area (Å²) in [4.78, 5) is 0. The smallest absolute Gasteiger partial charge is 0.239 e. The van der Waals surface area contributed by atoms with Gasteiger partial charge < -0.3 is 4.74 Å². The third kappa shape index (κ3) is 1.03. The maximum atomic E-state index is 4.95. The highest BCUT2D eigenvalue weighted by Gasteiger charge is 2.01. The fraction of sp³-hybridized carbons (Fsp3) is 0.286. The molecule has 54 valence electrons. The lowest BCUT2D eigenvalue weighted by atomic mass is 10.3. The molecule has 0 spiro atoms. The molecule has 1 rings (SSSR count). The summed E-state index contributed by atoms with van der Waals surface area (Å²) < 4.78 is 6.64. The minimum absolute atomic E-state index is 0.623. The highest BCUT2D eigenvalue weighted by molar-refractivity contribution is 5.51. The van der Waals surface area contributed by atoms with Crippen LogP contribution in [0.3, 0.4) is 0 Å². The zero-order valence-corrected chi connectivity index (χ0v) is 6.16. The average molecular weight is 138 g/mol. The molecule has 0 bridgehead atoms. The summed E-state index contributed by atoms with van der Waals surface area (Å²) in [5, 5.41) is 4.02. The topological polar surface area (TPSA) is 27.1 Å². The Morgan fingerprint density at radius 1 is 1.80 bits per heavy atom. The third-order valence-corrected chi connectivity index (χ3v) is 1.23. The van der Waals surface area contributed by atoms with E-state index in [4.69, 9.17) is 4.74 Å². The first-order valence-electron chi connectivity index (χ1n) is 2.98. The van der Waals surface area contributed by atoms with Gasteiger partial charge in [-0.2, -0.15) is 0 Å². The molecule has 3 nitrogen and oxygen atoms in total. The lowest BCUT2D eigenvalue weighted by molar-refractivity contribution is 0.391. The Bertz CT molecular complexity index is 240. The quantitative estimate of drug-likeness (QED) is 0.611. The van der Waals surface area contributed by atoms with Crippen LogP contribution < -0.4 is 4.74 Å². The van der Waals surface area contributed by atoms with Crippen molar-refractivity contribution in [2.24, 2.45) is 7.05 Å². The number of ether oxygens (including phenoxy) is 1. The predicted molar refractivity (Wildman–Crippen MR) is 39.9 cm³/mol. The number of aryl methyl sites for hydroxylation is 1. The molecule has 0 aliphatic carbocycles. The highest BCUT2D eigenvalue weighted by Crippen LogP contribution is 2.14. The maximum absolute atomic E-state index is 4.95. The Morgan fingerprint density at radius 2 is 2.50 bits per heavy atom. The van der Waals surface area contributed by atoms with Crippen molar-refractivity contribution in [2.45, 2.75) is 0 Å². The molecular weight excluding hydrogens is 128 g/mol. The molecule has 1 aromatic rings. The summed E-state index contributed by atoms with van der Waals surface area (Å²) in [7, 11) is 3.44. The molecule has 10 heavy (non-hydrogen) atoms. The van der Waals surface area contributed by atoms with Crippen molar-refractivity contribution in [3.8, 4) is 5.88 Å². The van der Waals surface area contributed by atoms with Gasteiger partial charge in [0.15, 0.2) is 0 Å². The molecule has 3 heteroatoms. The number of nitrogens with zero attached hydrogens (tertiary/aromatic N) is 2. The fourth-order valence-corrected chi connectivity index (χ4v) is 0.785. The van der Waals surface area contributed by atoms with Gasteiger partial charge in [-0.1, -0.05) is 12.7 Å². The van der Waals surface area contributed by atoms with Crippen LogP contribution in [0.1, 0.15) is 5.56 Å². The number of hydrogen-bond acceptors (Lipinski definition) is 2. The van der Waals surface area contributed by atoms with Crippen molar-refractivity contribution >= 4 is 6.08 Å². The molecule has 0 aliphatic heterocycles. The van der Waals surface area contributed by atoms with Gasteiger partial charge in [-0.25, -0.2) is 0 Å². The van der Waals surface area contributed by atoms with Gasteiger partial charge in [-0.05, 0) is 0 Å². The summed E-state index contributed by atoms with van der Waals surface area (Å²) in [6.45, 7) is 3.62. The monoisotopic (exact) mass is 138 g/mol. The van der Waals surface area contributed by atoms with Crippen molar-refractivity contribution in [1.82, 2.24) is 9.78 Å². The summed E-state index contributed by atoms with van der Waals surface area (Å²) in [5.41, 5.74) is 0.921. The molecule has 0 atom stereocenters. The molecule has 0 saturated heterocycles. The van der Waals surface area contributed by atoms with Crippen molar-refractivity contribution in [3.63, 3.8) is 0 Å². The van der Waals surface area contributed by atoms with E-state index in [2.05, 4.69) is 11.7 Å². The zero-order valence-electron chi connectivity index (χ0n) is 6.16. The molecule has 0 unspecified atom stereocenters. The number of methoxy groups -OCH3 is 1. The van der Waals surface area contributed by atoms with E-state index in [9.17, 15) is 0 Å². The van der Waals surface area contributed by atoms with Gasteiger partial charge in [0.1, 0.15) is 0 Å². The Kier molecular flexibility index (Phi) is 1.76. The standard InChI is InChI=1S/C7H10N2O/c1-4-6-5-9(2)8-7(6)10-3/h4-5H,1H2,2-3H3. The van der Waals surface area contributed by atoms with E-state index in [1.54, 1.807) is 17.9 Å². The lowest BCUT2D eigenvalue weighted by Crippen LogP contribution is -1.88. The van der Waals surface area contributed by atoms with E-state index < -0.39 is 0 Å². The van der Waals surface area contributed by atoms with Gasteiger partial charge in [-0.3, -0.25) is 4.68 Å². The van der Waals surface area contributed by atoms with Crippen LogP contribution in [-0.4, -0.2) is 16.9 Å². The van der Waals surface area contributed by atoms with Gasteiger partial charge in [0.25, 0.3) is 0 Å². The van der Waals surface area contributed by atoms with E-state index >= 15 is 0 Å². The van der Waals surface area contributed by atoms with Crippen molar-refractivity contribution in [1.29, 1.82) is 0 Å². The molecule has 0 N–H and O–H groups in total. The second-order valence-corrected chi connectivity index (χ2v) is 1.97. The summed E-state index contributed by atoms with van der Waals surface area (Å²) >= 11 is 0. The maximum Gasteiger partial charge on any atom is 0.239 e. The molecule has 0 aliphatic rings. The Hall–Kier alpha value is -1.25. The van der Waals surface area contributed by atoms with Crippen LogP contribution in [-0.2, 0) is 7.05 Å². The highest BCUT2D eigenvalue weighted by atomic mass is 16.5. The van der Waals surface area contributed by atoms with Crippen molar-refractivity contribution in [3.05, 3.63) is 18.3 Å². The van der Waals surface area contributed by atoms with E-state index in [1.165, 1.54) is 0 Å². The van der Waals surface area contributed by atoms with Crippen LogP contribution in [0.15, 0.2) is 12.8 Å². The van der Waals surface area contributed by atoms with Crippen LogP contribution >= 0.6 is 0 Å². The van der Waals surface area contributed by atoms with Crippen LogP contribution in [0.25, 0.3) is 6.08 Å². The minimum Gasteiger partial charge on any atom is -0.480 e. The summed E-state index contributed by atoms with van der Waals surface area (Å²) in [6, 6.07) is 0. The van der Waals surface area contributed by atoms with Crippen LogP contribution in [0, 0.1) is 0 Å². The lowest BCUT2D eigenvalue weighted by Gasteiger charge is -1.91. The average Bonchev–Trinajstić information content (AvgIpc) is 2.30. The summed E-state index contributed by atoms with van der Waals surface area (Å²) in [5.74, 6) is 0.623. The first-order chi connectivity index (χ1) is 4.77. The number of hydrogen-bond donors (Lipinski definition) is 0. The molecular formula is C7H10N2O. The van der Waals surface area contributed by atoms with E-state index in [1.807, 2.05) is 13.2 Å². The number of aromatic nitrogens is 2. The third-order valence-electron chi connectivity index (χ3n) is 1.23. The van der Waals surface area contributed by atoms with Gasteiger partial charge in [0.05, 0.1) is 12.7 Å². The summed E-state index contributed by atoms with van der Waals surface area (Å²) in [6.07, 6.45) is 3.57. The van der Waals surface area contributed by atoms with Gasteiger partial charge >= 0.3 is 0 Å². The van der Waals surface area contributed by atoms with E-state index in [-0.39, 0.29) is 0 Å². The number of rotatable bonds is 2. The first kappa shape index (κ1) is 6.86.